The van der Waals surface area contributed by atoms with Crippen LogP contribution in [0.15, 0.2) is 76.9 Å². The predicted octanol–water partition coefficient (Wildman–Crippen LogP) is 17.7. The fourth-order valence-electron chi connectivity index (χ4n) is 10.1. The number of rotatable bonds is 24. The van der Waals surface area contributed by atoms with Crippen LogP contribution in [0.3, 0.4) is 0 Å². The summed E-state index contributed by atoms with van der Waals surface area (Å²) in [5, 5.41) is 24.7. The molecule has 1 spiro atoms. The number of nitrogens with one attached hydrogen (secondary N) is 1. The van der Waals surface area contributed by atoms with Gasteiger partial charge in [0.25, 0.3) is 0 Å². The number of likely N-dealkylation sites (tertiary alicyclic amines) is 2. The number of halogens is 3. The van der Waals surface area contributed by atoms with Gasteiger partial charge in [-0.25, -0.2) is 14.6 Å². The van der Waals surface area contributed by atoms with E-state index in [9.17, 15) is 29.1 Å². The number of aliphatic hydroxyl groups is 1. The monoisotopic (exact) mass is 1390 g/mol. The highest BCUT2D eigenvalue weighted by Crippen LogP contribution is 2.35. The number of esters is 2. The van der Waals surface area contributed by atoms with Crippen LogP contribution in [0, 0.1) is 17.8 Å². The van der Waals surface area contributed by atoms with Crippen molar-refractivity contribution in [3.05, 3.63) is 92.9 Å². The van der Waals surface area contributed by atoms with Crippen LogP contribution in [-0.2, 0) is 49.2 Å². The highest BCUT2D eigenvalue weighted by atomic mass is 35.5. The Balaban J connectivity index is 0.000000405. The van der Waals surface area contributed by atoms with Gasteiger partial charge in [-0.3, -0.25) is 14.4 Å². The molecule has 0 aromatic heterocycles. The van der Waals surface area contributed by atoms with Crippen molar-refractivity contribution in [2.75, 3.05) is 65.7 Å². The number of ether oxygens (including phenoxy) is 7. The number of carbonyl (C=O) groups excluding carboxylic acids is 5. The molecule has 3 saturated heterocycles. The second-order valence-corrected chi connectivity index (χ2v) is 25.4. The largest absolute Gasteiger partial charge is 0.469 e. The lowest BCUT2D eigenvalue weighted by Crippen LogP contribution is -2.51. The second kappa shape index (κ2) is 47.3. The second-order valence-electron chi connectivity index (χ2n) is 24.1. The molecular weight excluding hydrogens is 1280 g/mol. The first kappa shape index (κ1) is 85.4. The maximum atomic E-state index is 12.2. The van der Waals surface area contributed by atoms with Crippen LogP contribution >= 0.6 is 34.8 Å². The molecule has 7 rings (SSSR count). The molecule has 0 saturated carbocycles. The minimum absolute atomic E-state index is 0.0504. The number of carbonyl (C=O) groups is 5. The van der Waals surface area contributed by atoms with E-state index in [0.717, 1.165) is 133 Å². The van der Waals surface area contributed by atoms with E-state index in [2.05, 4.69) is 57.0 Å². The van der Waals surface area contributed by atoms with Crippen molar-refractivity contribution in [3.8, 4) is 11.5 Å². The number of aliphatic imine (C=N–C) groups is 1. The Hall–Kier alpha value is -5.70. The SMILES string of the molecule is CCC(CC)=NO.CCC(CC)C(=O)OC(=O)Cc1cc(Cl)ccc1Oc1ccc(Cl)cc1Cl.CCC(CC)COC(=O)N1CCC2(CC1)OCCCO2.CCC(CC)COC(=O)N1CCCCC1.CCC(O)(CC)CNC(C)=O.CCC1(CC)CN=C(c2ccccc2)O1. The van der Waals surface area contributed by atoms with E-state index < -0.39 is 23.3 Å². The minimum Gasteiger partial charge on any atom is -0.469 e. The lowest BCUT2D eigenvalue weighted by atomic mass is 9.98. The molecule has 95 heavy (non-hydrogen) atoms. The molecule has 3 amide bonds. The van der Waals surface area contributed by atoms with Gasteiger partial charge in [0.15, 0.2) is 5.79 Å². The first-order valence-electron chi connectivity index (χ1n) is 34.7. The molecule has 4 aliphatic rings. The van der Waals surface area contributed by atoms with Crippen LogP contribution in [-0.4, -0.2) is 144 Å². The van der Waals surface area contributed by atoms with Crippen LogP contribution in [0.1, 0.15) is 217 Å². The molecule has 22 heteroatoms. The molecule has 4 aliphatic heterocycles. The fraction of sp³-hybridized carbons (Fsp3) is 0.658. The number of oxime groups is 1. The van der Waals surface area contributed by atoms with Gasteiger partial charge in [0, 0.05) is 73.7 Å². The summed E-state index contributed by atoms with van der Waals surface area (Å²) in [5.41, 5.74) is 1.66. The molecule has 4 heterocycles. The Morgan fingerprint density at radius 2 is 1.19 bits per heavy atom. The zero-order valence-electron chi connectivity index (χ0n) is 59.3. The van der Waals surface area contributed by atoms with E-state index in [4.69, 9.17) is 73.2 Å². The average Bonchev–Trinajstić information content (AvgIpc) is 1.77. The Kier molecular flexibility index (Phi) is 42.5. The third kappa shape index (κ3) is 32.0. The molecule has 0 radical (unpaired) electrons. The molecule has 0 unspecified atom stereocenters. The summed E-state index contributed by atoms with van der Waals surface area (Å²) in [6.07, 6.45) is 16.1. The number of amides is 3. The Morgan fingerprint density at radius 1 is 0.674 bits per heavy atom. The van der Waals surface area contributed by atoms with Gasteiger partial charge in [-0.1, -0.05) is 167 Å². The zero-order chi connectivity index (χ0) is 70.8. The third-order valence-electron chi connectivity index (χ3n) is 17.7. The maximum Gasteiger partial charge on any atom is 0.409 e. The van der Waals surface area contributed by atoms with Crippen molar-refractivity contribution >= 4 is 76.4 Å². The normalized spacial score (nSPS) is 15.2. The van der Waals surface area contributed by atoms with Gasteiger partial charge in [-0.2, -0.15) is 0 Å². The van der Waals surface area contributed by atoms with Crippen LogP contribution in [0.25, 0.3) is 0 Å². The summed E-state index contributed by atoms with van der Waals surface area (Å²) >= 11 is 18.1. The van der Waals surface area contributed by atoms with Crippen molar-refractivity contribution in [1.29, 1.82) is 0 Å². The van der Waals surface area contributed by atoms with Crippen LogP contribution in [0.4, 0.5) is 9.59 Å². The first-order valence-corrected chi connectivity index (χ1v) is 35.8. The van der Waals surface area contributed by atoms with Gasteiger partial charge in [-0.15, -0.1) is 0 Å². The first-order chi connectivity index (χ1) is 45.5. The summed E-state index contributed by atoms with van der Waals surface area (Å²) in [5.74, 6) is 0.559. The van der Waals surface area contributed by atoms with Crippen molar-refractivity contribution in [2.24, 2.45) is 27.9 Å². The van der Waals surface area contributed by atoms with Crippen molar-refractivity contribution < 1.29 is 67.4 Å². The van der Waals surface area contributed by atoms with E-state index in [-0.39, 0.29) is 36.0 Å². The molecular formula is C73H114Cl3N5O14. The van der Waals surface area contributed by atoms with Crippen molar-refractivity contribution in [3.63, 3.8) is 0 Å². The average molecular weight is 1390 g/mol. The molecule has 3 aromatic rings. The number of benzene rings is 3. The van der Waals surface area contributed by atoms with Gasteiger partial charge in [0.05, 0.1) is 61.6 Å². The summed E-state index contributed by atoms with van der Waals surface area (Å²) in [4.78, 5) is 66.5. The highest BCUT2D eigenvalue weighted by molar-refractivity contribution is 6.35. The Bertz CT molecular complexity index is 2730. The molecule has 3 fully saturated rings. The van der Waals surface area contributed by atoms with Gasteiger partial charge in [-0.05, 0) is 137 Å². The lowest BCUT2D eigenvalue weighted by molar-refractivity contribution is -0.282. The van der Waals surface area contributed by atoms with Gasteiger partial charge < -0.3 is 58.6 Å². The summed E-state index contributed by atoms with van der Waals surface area (Å²) in [6.45, 7) is 32.7. The molecule has 3 N–H and O–H groups in total. The summed E-state index contributed by atoms with van der Waals surface area (Å²) in [7, 11) is 0. The standard InChI is InChI=1S/C20H19Cl3O4.C15H27NO4.C13H17NO.C12H23NO2.C8H17NO2.C5H11NO/c1-3-12(4-2)20(25)27-19(24)10-13-9-14(21)5-7-17(13)26-18-8-6-15(22)11-16(18)23;1-3-13(4-2)12-18-14(17)16-8-6-15(7-9-16)19-10-5-11-20-15;1-3-13(4-2)10-14-12(15-13)11-8-6-5-7-9-11;1-3-11(4-2)10-15-12(14)13-8-6-5-7-9-13;1-4-8(11,5-2)6-9-7(3)10;1-3-5(4-2)6-7/h5-9,11-12H,3-4,10H2,1-2H3;13H,3-12H2,1-2H3;5-9H,3-4,10H2,1-2H3;11H,3-10H2,1-2H3;11H,4-6H2,1-3H3,(H,9,10);7H,3-4H2,1-2H3. The fourth-order valence-corrected chi connectivity index (χ4v) is 10.7. The highest BCUT2D eigenvalue weighted by Gasteiger charge is 2.40. The van der Waals surface area contributed by atoms with Crippen molar-refractivity contribution in [1.82, 2.24) is 15.1 Å². The minimum atomic E-state index is -0.717. The van der Waals surface area contributed by atoms with E-state index in [1.165, 1.54) is 13.3 Å². The Morgan fingerprint density at radius 3 is 1.63 bits per heavy atom. The van der Waals surface area contributed by atoms with E-state index in [1.54, 1.807) is 41.3 Å². The van der Waals surface area contributed by atoms with Crippen LogP contribution in [0.5, 0.6) is 11.5 Å². The summed E-state index contributed by atoms with van der Waals surface area (Å²) in [6, 6.07) is 19.8. The van der Waals surface area contributed by atoms with Gasteiger partial charge in [0.2, 0.25) is 11.8 Å². The molecule has 536 valence electrons. The van der Waals surface area contributed by atoms with Crippen LogP contribution < -0.4 is 10.1 Å². The Labute approximate surface area is 583 Å². The quantitative estimate of drug-likeness (QED) is 0.0189. The third-order valence-corrected chi connectivity index (χ3v) is 18.5. The molecule has 0 aliphatic carbocycles. The maximum absolute atomic E-state index is 12.2. The molecule has 3 aromatic carbocycles. The smallest absolute Gasteiger partial charge is 0.409 e. The number of hydrogen-bond acceptors (Lipinski definition) is 16. The zero-order valence-corrected chi connectivity index (χ0v) is 61.6. The van der Waals surface area contributed by atoms with Crippen LogP contribution in [0.2, 0.25) is 15.1 Å². The summed E-state index contributed by atoms with van der Waals surface area (Å²) < 4.78 is 39.0. The molecule has 0 bridgehead atoms. The van der Waals surface area contributed by atoms with E-state index in [1.807, 2.05) is 76.8 Å². The predicted molar refractivity (Wildman–Crippen MR) is 379 cm³/mol. The number of piperidine rings is 2. The topological polar surface area (TPSA) is 234 Å². The van der Waals surface area contributed by atoms with Gasteiger partial charge >= 0.3 is 24.1 Å². The van der Waals surface area contributed by atoms with E-state index >= 15 is 0 Å². The number of nitrogens with zero attached hydrogens (tertiary/aromatic N) is 4. The van der Waals surface area contributed by atoms with Crippen molar-refractivity contribution in [2.45, 2.75) is 229 Å². The van der Waals surface area contributed by atoms with Gasteiger partial charge in [0.1, 0.15) is 17.1 Å². The lowest BCUT2D eigenvalue weighted by Gasteiger charge is -2.43. The molecule has 0 atom stereocenters. The molecule has 19 nitrogen and oxygen atoms in total. The number of hydrogen-bond donors (Lipinski definition) is 3. The van der Waals surface area contributed by atoms with E-state index in [0.29, 0.717) is 102 Å².